The van der Waals surface area contributed by atoms with Crippen LogP contribution in [0, 0.1) is 0 Å². The van der Waals surface area contributed by atoms with Crippen molar-refractivity contribution in [3.8, 4) is 5.75 Å². The van der Waals surface area contributed by atoms with E-state index in [0.29, 0.717) is 11.1 Å². The number of benzene rings is 2. The zero-order valence-corrected chi connectivity index (χ0v) is 11.2. The Labute approximate surface area is 107 Å². The van der Waals surface area contributed by atoms with Gasteiger partial charge in [0.2, 0.25) is 0 Å². The summed E-state index contributed by atoms with van der Waals surface area (Å²) in [6, 6.07) is 16.1. The molecule has 3 nitrogen and oxygen atoms in total. The normalized spacial score (nSPS) is 12.2. The van der Waals surface area contributed by atoms with Crippen molar-refractivity contribution >= 4 is 13.2 Å². The second-order valence-electron chi connectivity index (χ2n) is 4.04. The Kier molecular flexibility index (Phi) is 3.97. The summed E-state index contributed by atoms with van der Waals surface area (Å²) in [5.41, 5.74) is 0.966. The van der Waals surface area contributed by atoms with E-state index in [1.807, 2.05) is 31.2 Å². The average molecular weight is 264 g/mol. The molecule has 0 aliphatic heterocycles. The van der Waals surface area contributed by atoms with E-state index in [1.165, 1.54) is 0 Å². The molecule has 0 radical (unpaired) electrons. The van der Waals surface area contributed by atoms with Crippen LogP contribution >= 0.6 is 7.94 Å². The molecule has 0 aromatic heterocycles. The van der Waals surface area contributed by atoms with Gasteiger partial charge in [0.1, 0.15) is 0 Å². The second-order valence-corrected chi connectivity index (χ2v) is 6.04. The van der Waals surface area contributed by atoms with E-state index in [2.05, 4.69) is 0 Å². The van der Waals surface area contributed by atoms with Crippen LogP contribution in [0.25, 0.3) is 0 Å². The van der Waals surface area contributed by atoms with Gasteiger partial charge >= 0.3 is 107 Å². The predicted molar refractivity (Wildman–Crippen MR) is 75.3 cm³/mol. The van der Waals surface area contributed by atoms with Gasteiger partial charge in [0.15, 0.2) is 0 Å². The van der Waals surface area contributed by atoms with Crippen molar-refractivity contribution in [1.82, 2.24) is 0 Å². The molecular formula is C14H17O3P. The molecule has 0 heterocycles. The molecule has 96 valence electrons. The number of hydrogen-bond donors (Lipinski definition) is 2. The van der Waals surface area contributed by atoms with Crippen molar-refractivity contribution in [2.45, 2.75) is 13.3 Å². The summed E-state index contributed by atoms with van der Waals surface area (Å²) in [7, 11) is -3.87. The summed E-state index contributed by atoms with van der Waals surface area (Å²) in [5.74, 6) is 0.542. The summed E-state index contributed by atoms with van der Waals surface area (Å²) in [4.78, 5) is 20.3. The molecule has 0 atom stereocenters. The van der Waals surface area contributed by atoms with Gasteiger partial charge < -0.3 is 0 Å². The van der Waals surface area contributed by atoms with Crippen molar-refractivity contribution in [2.75, 3.05) is 0 Å². The van der Waals surface area contributed by atoms with Crippen LogP contribution in [0.5, 0.6) is 5.75 Å². The van der Waals surface area contributed by atoms with Crippen molar-refractivity contribution in [2.24, 2.45) is 0 Å². The van der Waals surface area contributed by atoms with Crippen LogP contribution in [0.2, 0.25) is 0 Å². The van der Waals surface area contributed by atoms with Crippen molar-refractivity contribution in [1.29, 1.82) is 0 Å². The third-order valence-corrected chi connectivity index (χ3v) is 4.35. The van der Waals surface area contributed by atoms with Crippen LogP contribution in [0.1, 0.15) is 12.5 Å². The summed E-state index contributed by atoms with van der Waals surface area (Å²) >= 11 is 0. The summed E-state index contributed by atoms with van der Waals surface area (Å²) in [5, 5.41) is 0.441. The van der Waals surface area contributed by atoms with Gasteiger partial charge in [0.05, 0.1) is 0 Å². The van der Waals surface area contributed by atoms with Gasteiger partial charge in [0.25, 0.3) is 0 Å². The Morgan fingerprint density at radius 2 is 1.56 bits per heavy atom. The molecule has 0 aliphatic carbocycles. The summed E-state index contributed by atoms with van der Waals surface area (Å²) in [6.07, 6.45) is 0.787. The summed E-state index contributed by atoms with van der Waals surface area (Å²) in [6.45, 7) is 2.00. The first-order valence-electron chi connectivity index (χ1n) is 5.90. The third kappa shape index (κ3) is 2.88. The summed E-state index contributed by atoms with van der Waals surface area (Å²) < 4.78 is 5.46. The zero-order chi connectivity index (χ0) is 13.0. The number of para-hydroxylation sites is 1. The van der Waals surface area contributed by atoms with Gasteiger partial charge in [-0.25, -0.2) is 0 Å². The maximum absolute atomic E-state index is 10.1. The molecule has 2 N–H and O–H groups in total. The quantitative estimate of drug-likeness (QED) is 0.834. The first-order chi connectivity index (χ1) is 8.63. The average Bonchev–Trinajstić information content (AvgIpc) is 2.40. The molecule has 2 aromatic rings. The SMILES string of the molecule is CCc1ccccc1O[PH](O)(O)c1ccccc1. The third-order valence-electron chi connectivity index (χ3n) is 2.76. The van der Waals surface area contributed by atoms with Gasteiger partial charge in [-0.1, -0.05) is 0 Å². The molecule has 0 amide bonds. The van der Waals surface area contributed by atoms with Gasteiger partial charge in [0, 0.05) is 0 Å². The van der Waals surface area contributed by atoms with Crippen LogP contribution in [-0.2, 0) is 6.42 Å². The molecule has 4 heteroatoms. The Morgan fingerprint density at radius 1 is 0.944 bits per heavy atom. The monoisotopic (exact) mass is 264 g/mol. The molecule has 2 rings (SSSR count). The van der Waals surface area contributed by atoms with E-state index in [9.17, 15) is 9.79 Å². The minimum atomic E-state index is -3.87. The molecule has 0 aliphatic rings. The van der Waals surface area contributed by atoms with Crippen molar-refractivity contribution < 1.29 is 14.3 Å². The van der Waals surface area contributed by atoms with Gasteiger partial charge in [-0.3, -0.25) is 0 Å². The van der Waals surface area contributed by atoms with Crippen molar-refractivity contribution in [3.63, 3.8) is 0 Å². The van der Waals surface area contributed by atoms with Gasteiger partial charge in [-0.15, -0.1) is 0 Å². The Bertz CT molecular complexity index is 511. The predicted octanol–water partition coefficient (Wildman–Crippen LogP) is 2.43. The fourth-order valence-corrected chi connectivity index (χ4v) is 3.01. The standard InChI is InChI=1S/C14H17O3P/c1-2-12-8-6-7-11-14(12)17-18(15,16)13-9-4-3-5-10-13/h3-11,15-16,18H,2H2,1H3. The molecule has 0 bridgehead atoms. The minimum absolute atomic E-state index is 0.441. The van der Waals surface area contributed by atoms with E-state index in [1.54, 1.807) is 30.3 Å². The van der Waals surface area contributed by atoms with E-state index >= 15 is 0 Å². The molecule has 0 saturated carbocycles. The number of aryl methyl sites for hydroxylation is 1. The van der Waals surface area contributed by atoms with E-state index in [-0.39, 0.29) is 0 Å². The van der Waals surface area contributed by atoms with Crippen molar-refractivity contribution in [3.05, 3.63) is 60.2 Å². The maximum atomic E-state index is 10.1. The first kappa shape index (κ1) is 13.0. The Balaban J connectivity index is 2.28. The van der Waals surface area contributed by atoms with Gasteiger partial charge in [-0.2, -0.15) is 0 Å². The molecule has 0 fully saturated rings. The first-order valence-corrected chi connectivity index (χ1v) is 7.71. The fraction of sp³-hybridized carbons (Fsp3) is 0.143. The van der Waals surface area contributed by atoms with Crippen LogP contribution < -0.4 is 9.83 Å². The van der Waals surface area contributed by atoms with E-state index in [4.69, 9.17) is 4.52 Å². The molecule has 0 unspecified atom stereocenters. The Hall–Kier alpha value is -1.41. The van der Waals surface area contributed by atoms with E-state index < -0.39 is 7.94 Å². The molecule has 2 aromatic carbocycles. The molecular weight excluding hydrogens is 247 g/mol. The molecule has 0 saturated heterocycles. The van der Waals surface area contributed by atoms with Crippen LogP contribution in [0.15, 0.2) is 54.6 Å². The van der Waals surface area contributed by atoms with Crippen LogP contribution in [-0.4, -0.2) is 9.79 Å². The Morgan fingerprint density at radius 3 is 2.22 bits per heavy atom. The second kappa shape index (κ2) is 5.49. The van der Waals surface area contributed by atoms with Gasteiger partial charge in [-0.05, 0) is 0 Å². The molecule has 18 heavy (non-hydrogen) atoms. The zero-order valence-electron chi connectivity index (χ0n) is 10.2. The topological polar surface area (TPSA) is 49.7 Å². The fourth-order valence-electron chi connectivity index (χ4n) is 1.76. The number of hydrogen-bond acceptors (Lipinski definition) is 3. The number of rotatable bonds is 4. The van der Waals surface area contributed by atoms with E-state index in [0.717, 1.165) is 12.0 Å². The van der Waals surface area contributed by atoms with Crippen LogP contribution in [0.4, 0.5) is 0 Å². The van der Waals surface area contributed by atoms with Crippen LogP contribution in [0.3, 0.4) is 0 Å². The molecule has 0 spiro atoms.